The number of carbonyl (C=O) groups is 2. The first-order chi connectivity index (χ1) is 9.43. The SMILES string of the molecule is O=C(O)[C@@H]1CCCN1C(=O)c1cccc([N+](=O)[O-])c1Br. The molecule has 1 saturated heterocycles. The Bertz CT molecular complexity index is 589. The summed E-state index contributed by atoms with van der Waals surface area (Å²) in [6, 6.07) is 3.26. The summed E-state index contributed by atoms with van der Waals surface area (Å²) < 4.78 is 0.0750. The number of halogens is 1. The Morgan fingerprint density at radius 3 is 2.75 bits per heavy atom. The molecule has 1 aliphatic heterocycles. The van der Waals surface area contributed by atoms with E-state index in [1.165, 1.54) is 23.1 Å². The molecule has 1 fully saturated rings. The molecule has 1 aromatic rings. The van der Waals surface area contributed by atoms with Gasteiger partial charge in [0, 0.05) is 12.6 Å². The maximum atomic E-state index is 12.4. The summed E-state index contributed by atoms with van der Waals surface area (Å²) in [7, 11) is 0. The van der Waals surface area contributed by atoms with E-state index in [4.69, 9.17) is 5.11 Å². The van der Waals surface area contributed by atoms with Crippen LogP contribution in [0, 0.1) is 10.1 Å². The highest BCUT2D eigenvalue weighted by molar-refractivity contribution is 9.10. The van der Waals surface area contributed by atoms with Gasteiger partial charge in [0.25, 0.3) is 11.6 Å². The molecule has 0 spiro atoms. The third-order valence-corrected chi connectivity index (χ3v) is 4.04. The molecule has 1 aromatic carbocycles. The van der Waals surface area contributed by atoms with E-state index in [1.807, 2.05) is 0 Å². The van der Waals surface area contributed by atoms with Gasteiger partial charge in [-0.1, -0.05) is 6.07 Å². The topological polar surface area (TPSA) is 101 Å². The Labute approximate surface area is 122 Å². The minimum Gasteiger partial charge on any atom is -0.480 e. The maximum absolute atomic E-state index is 12.4. The minimum absolute atomic E-state index is 0.0750. The van der Waals surface area contributed by atoms with Gasteiger partial charge in [0.15, 0.2) is 0 Å². The molecule has 2 rings (SSSR count). The van der Waals surface area contributed by atoms with Gasteiger partial charge in [-0.3, -0.25) is 14.9 Å². The number of nitro groups is 1. The Balaban J connectivity index is 2.37. The van der Waals surface area contributed by atoms with Crippen molar-refractivity contribution in [3.8, 4) is 0 Å². The molecule has 0 unspecified atom stereocenters. The van der Waals surface area contributed by atoms with Gasteiger partial charge in [-0.15, -0.1) is 0 Å². The second kappa shape index (κ2) is 5.58. The van der Waals surface area contributed by atoms with Gasteiger partial charge in [-0.25, -0.2) is 4.79 Å². The van der Waals surface area contributed by atoms with E-state index >= 15 is 0 Å². The molecule has 0 aliphatic carbocycles. The number of aliphatic carboxylic acids is 1. The van der Waals surface area contributed by atoms with E-state index in [0.29, 0.717) is 19.4 Å². The highest BCUT2D eigenvalue weighted by Crippen LogP contribution is 2.30. The monoisotopic (exact) mass is 342 g/mol. The number of nitro benzene ring substituents is 1. The Morgan fingerprint density at radius 2 is 2.15 bits per heavy atom. The summed E-state index contributed by atoms with van der Waals surface area (Å²) in [5, 5.41) is 19.9. The minimum atomic E-state index is -1.06. The molecule has 0 saturated carbocycles. The first kappa shape index (κ1) is 14.4. The molecule has 1 amide bonds. The molecule has 0 radical (unpaired) electrons. The highest BCUT2D eigenvalue weighted by Gasteiger charge is 2.35. The maximum Gasteiger partial charge on any atom is 0.326 e. The van der Waals surface area contributed by atoms with Crippen molar-refractivity contribution >= 4 is 33.5 Å². The number of carbonyl (C=O) groups excluding carboxylic acids is 1. The summed E-state index contributed by atoms with van der Waals surface area (Å²) >= 11 is 3.05. The number of carboxylic acids is 1. The average Bonchev–Trinajstić information content (AvgIpc) is 2.87. The van der Waals surface area contributed by atoms with Gasteiger partial charge in [0.2, 0.25) is 0 Å². The predicted molar refractivity (Wildman–Crippen MR) is 72.5 cm³/mol. The molecule has 1 aliphatic rings. The number of nitrogens with zero attached hydrogens (tertiary/aromatic N) is 2. The van der Waals surface area contributed by atoms with E-state index in [1.54, 1.807) is 0 Å². The first-order valence-corrected chi connectivity index (χ1v) is 6.69. The lowest BCUT2D eigenvalue weighted by Crippen LogP contribution is -2.40. The third-order valence-electron chi connectivity index (χ3n) is 3.20. The van der Waals surface area contributed by atoms with Crippen LogP contribution in [-0.4, -0.2) is 39.4 Å². The molecule has 1 heterocycles. The van der Waals surface area contributed by atoms with E-state index in [9.17, 15) is 19.7 Å². The van der Waals surface area contributed by atoms with Crippen molar-refractivity contribution in [1.82, 2.24) is 4.90 Å². The predicted octanol–water partition coefficient (Wildman–Crippen LogP) is 2.05. The first-order valence-electron chi connectivity index (χ1n) is 5.90. The molecular weight excluding hydrogens is 332 g/mol. The lowest BCUT2D eigenvalue weighted by atomic mass is 10.1. The Morgan fingerprint density at radius 1 is 1.45 bits per heavy atom. The molecule has 1 atom stereocenters. The molecule has 1 N–H and O–H groups in total. The van der Waals surface area contributed by atoms with Crippen LogP contribution >= 0.6 is 15.9 Å². The van der Waals surface area contributed by atoms with Gasteiger partial charge >= 0.3 is 5.97 Å². The zero-order valence-corrected chi connectivity index (χ0v) is 11.9. The number of carboxylic acid groups (broad SMARTS) is 1. The van der Waals surface area contributed by atoms with Gasteiger partial charge in [0.1, 0.15) is 10.5 Å². The number of benzene rings is 1. The summed E-state index contributed by atoms with van der Waals surface area (Å²) in [4.78, 5) is 35.0. The van der Waals surface area contributed by atoms with Gasteiger partial charge < -0.3 is 10.0 Å². The van der Waals surface area contributed by atoms with Crippen LogP contribution in [0.3, 0.4) is 0 Å². The Hall–Kier alpha value is -1.96. The number of hydrogen-bond acceptors (Lipinski definition) is 4. The largest absolute Gasteiger partial charge is 0.480 e. The average molecular weight is 343 g/mol. The summed E-state index contributed by atoms with van der Waals surface area (Å²) in [6.45, 7) is 0.338. The number of likely N-dealkylation sites (tertiary alicyclic amines) is 1. The summed E-state index contributed by atoms with van der Waals surface area (Å²) in [6.07, 6.45) is 1.00. The highest BCUT2D eigenvalue weighted by atomic mass is 79.9. The molecule has 0 bridgehead atoms. The Kier molecular flexibility index (Phi) is 4.03. The summed E-state index contributed by atoms with van der Waals surface area (Å²) in [5.41, 5.74) is -0.116. The zero-order valence-electron chi connectivity index (χ0n) is 10.3. The van der Waals surface area contributed by atoms with Crippen LogP contribution < -0.4 is 0 Å². The molecule has 106 valence electrons. The molecule has 7 nitrogen and oxygen atoms in total. The lowest BCUT2D eigenvalue weighted by molar-refractivity contribution is -0.385. The molecular formula is C12H11BrN2O5. The second-order valence-corrected chi connectivity index (χ2v) is 5.18. The standard InChI is InChI=1S/C12H11BrN2O5/c13-10-7(3-1-4-8(10)15(19)20)11(16)14-6-2-5-9(14)12(17)18/h1,3-4,9H,2,5-6H2,(H,17,18)/t9-/m0/s1. The van der Waals surface area contributed by atoms with Crippen molar-refractivity contribution in [2.45, 2.75) is 18.9 Å². The van der Waals surface area contributed by atoms with Gasteiger partial charge in [0.05, 0.1) is 10.5 Å². The summed E-state index contributed by atoms with van der Waals surface area (Å²) in [5.74, 6) is -1.57. The van der Waals surface area contributed by atoms with Crippen LogP contribution in [0.15, 0.2) is 22.7 Å². The van der Waals surface area contributed by atoms with Crippen LogP contribution in [0.5, 0.6) is 0 Å². The fourth-order valence-corrected chi connectivity index (χ4v) is 2.83. The van der Waals surface area contributed by atoms with Crippen molar-refractivity contribution in [2.24, 2.45) is 0 Å². The normalized spacial score (nSPS) is 18.1. The van der Waals surface area contributed by atoms with E-state index < -0.39 is 22.8 Å². The van der Waals surface area contributed by atoms with Crippen molar-refractivity contribution in [3.63, 3.8) is 0 Å². The van der Waals surface area contributed by atoms with Gasteiger partial charge in [-0.2, -0.15) is 0 Å². The van der Waals surface area contributed by atoms with Crippen molar-refractivity contribution in [3.05, 3.63) is 38.3 Å². The van der Waals surface area contributed by atoms with Crippen LogP contribution in [0.4, 0.5) is 5.69 Å². The number of amides is 1. The molecule has 0 aromatic heterocycles. The number of hydrogen-bond donors (Lipinski definition) is 1. The number of rotatable bonds is 3. The molecule has 20 heavy (non-hydrogen) atoms. The van der Waals surface area contributed by atoms with Gasteiger partial charge in [-0.05, 0) is 34.8 Å². The fraction of sp³-hybridized carbons (Fsp3) is 0.333. The van der Waals surface area contributed by atoms with E-state index in [0.717, 1.165) is 0 Å². The second-order valence-electron chi connectivity index (χ2n) is 4.39. The lowest BCUT2D eigenvalue weighted by Gasteiger charge is -2.21. The van der Waals surface area contributed by atoms with Crippen molar-refractivity contribution < 1.29 is 19.6 Å². The van der Waals surface area contributed by atoms with Crippen molar-refractivity contribution in [1.29, 1.82) is 0 Å². The van der Waals surface area contributed by atoms with Crippen LogP contribution in [-0.2, 0) is 4.79 Å². The fourth-order valence-electron chi connectivity index (χ4n) is 2.25. The van der Waals surface area contributed by atoms with Crippen LogP contribution in [0.25, 0.3) is 0 Å². The van der Waals surface area contributed by atoms with E-state index in [2.05, 4.69) is 15.9 Å². The zero-order chi connectivity index (χ0) is 14.9. The quantitative estimate of drug-likeness (QED) is 0.669. The van der Waals surface area contributed by atoms with E-state index in [-0.39, 0.29) is 15.7 Å². The third kappa shape index (κ3) is 2.51. The van der Waals surface area contributed by atoms with Crippen molar-refractivity contribution in [2.75, 3.05) is 6.54 Å². The smallest absolute Gasteiger partial charge is 0.326 e. The van der Waals surface area contributed by atoms with Crippen LogP contribution in [0.2, 0.25) is 0 Å². The molecule has 8 heteroatoms. The van der Waals surface area contributed by atoms with Crippen LogP contribution in [0.1, 0.15) is 23.2 Å².